The average molecular weight is 420 g/mol. The van der Waals surface area contributed by atoms with Gasteiger partial charge >= 0.3 is 6.01 Å². The molecule has 1 atom stereocenters. The lowest BCUT2D eigenvalue weighted by molar-refractivity contribution is -0.117. The number of aromatic nitrogens is 2. The highest BCUT2D eigenvalue weighted by Crippen LogP contribution is 2.32. The first kappa shape index (κ1) is 20.6. The first-order chi connectivity index (χ1) is 15.0. The van der Waals surface area contributed by atoms with Crippen molar-refractivity contribution < 1.29 is 18.7 Å². The van der Waals surface area contributed by atoms with Crippen molar-refractivity contribution in [1.82, 2.24) is 10.2 Å². The van der Waals surface area contributed by atoms with Gasteiger partial charge < -0.3 is 14.1 Å². The SMILES string of the molecule is CCOc1ccc(N2CC(c3nnc(NC(=O)Cc4ccc(C)cc4)o3)CC2=O)cc1. The minimum absolute atomic E-state index is 0.0164. The third-order valence-corrected chi connectivity index (χ3v) is 5.11. The number of nitrogens with one attached hydrogen (secondary N) is 1. The molecule has 2 heterocycles. The molecule has 1 fully saturated rings. The topological polar surface area (TPSA) is 97.6 Å². The van der Waals surface area contributed by atoms with Crippen LogP contribution in [0.1, 0.15) is 36.3 Å². The van der Waals surface area contributed by atoms with Gasteiger partial charge in [-0.1, -0.05) is 34.9 Å². The first-order valence-electron chi connectivity index (χ1n) is 10.2. The molecule has 31 heavy (non-hydrogen) atoms. The summed E-state index contributed by atoms with van der Waals surface area (Å²) >= 11 is 0. The fourth-order valence-electron chi connectivity index (χ4n) is 3.52. The van der Waals surface area contributed by atoms with E-state index < -0.39 is 0 Å². The minimum Gasteiger partial charge on any atom is -0.494 e. The van der Waals surface area contributed by atoms with E-state index in [0.717, 1.165) is 22.6 Å². The molecule has 8 heteroatoms. The molecule has 1 aliphatic heterocycles. The molecule has 8 nitrogen and oxygen atoms in total. The van der Waals surface area contributed by atoms with Crippen LogP contribution < -0.4 is 15.0 Å². The summed E-state index contributed by atoms with van der Waals surface area (Å²) in [4.78, 5) is 26.5. The summed E-state index contributed by atoms with van der Waals surface area (Å²) in [5.74, 6) is 0.619. The van der Waals surface area contributed by atoms with Gasteiger partial charge in [-0.2, -0.15) is 0 Å². The molecule has 1 N–H and O–H groups in total. The van der Waals surface area contributed by atoms with E-state index in [1.807, 2.05) is 62.4 Å². The molecule has 0 aliphatic carbocycles. The standard InChI is InChI=1S/C23H24N4O4/c1-3-30-19-10-8-18(9-11-19)27-14-17(13-21(27)29)22-25-26-23(31-22)24-20(28)12-16-6-4-15(2)5-7-16/h4-11,17H,3,12-14H2,1-2H3,(H,24,26,28). The second kappa shape index (κ2) is 8.99. The highest BCUT2D eigenvalue weighted by molar-refractivity contribution is 5.96. The van der Waals surface area contributed by atoms with Gasteiger partial charge in [-0.15, -0.1) is 5.10 Å². The van der Waals surface area contributed by atoms with Crippen molar-refractivity contribution in [1.29, 1.82) is 0 Å². The number of aryl methyl sites for hydroxylation is 1. The van der Waals surface area contributed by atoms with Crippen molar-refractivity contribution in [2.45, 2.75) is 32.6 Å². The molecular weight excluding hydrogens is 396 g/mol. The normalized spacial score (nSPS) is 15.9. The van der Waals surface area contributed by atoms with E-state index >= 15 is 0 Å². The second-order valence-electron chi connectivity index (χ2n) is 7.49. The van der Waals surface area contributed by atoms with Crippen molar-refractivity contribution in [3.05, 3.63) is 65.5 Å². The second-order valence-corrected chi connectivity index (χ2v) is 7.49. The van der Waals surface area contributed by atoms with E-state index in [0.29, 0.717) is 19.0 Å². The number of ether oxygens (including phenoxy) is 1. The molecule has 0 bridgehead atoms. The van der Waals surface area contributed by atoms with Crippen LogP contribution in [0.25, 0.3) is 0 Å². The Morgan fingerprint density at radius 2 is 1.90 bits per heavy atom. The number of hydrogen-bond acceptors (Lipinski definition) is 6. The summed E-state index contributed by atoms with van der Waals surface area (Å²) in [5, 5.41) is 10.6. The Labute approximate surface area is 180 Å². The maximum atomic E-state index is 12.5. The lowest BCUT2D eigenvalue weighted by atomic mass is 10.1. The molecule has 0 spiro atoms. The zero-order chi connectivity index (χ0) is 21.8. The van der Waals surface area contributed by atoms with Crippen LogP contribution in [0.15, 0.2) is 52.9 Å². The fourth-order valence-corrected chi connectivity index (χ4v) is 3.52. The molecule has 0 saturated carbocycles. The number of hydrogen-bond donors (Lipinski definition) is 1. The van der Waals surface area contributed by atoms with Crippen LogP contribution in [0.3, 0.4) is 0 Å². The number of carbonyl (C=O) groups is 2. The molecule has 4 rings (SSSR count). The summed E-state index contributed by atoms with van der Waals surface area (Å²) in [6.45, 7) is 4.94. The predicted molar refractivity (Wildman–Crippen MR) is 115 cm³/mol. The van der Waals surface area contributed by atoms with E-state index in [2.05, 4.69) is 15.5 Å². The van der Waals surface area contributed by atoms with E-state index in [-0.39, 0.29) is 36.6 Å². The Morgan fingerprint density at radius 3 is 2.61 bits per heavy atom. The smallest absolute Gasteiger partial charge is 0.322 e. The molecule has 1 aliphatic rings. The first-order valence-corrected chi connectivity index (χ1v) is 10.2. The summed E-state index contributed by atoms with van der Waals surface area (Å²) in [6.07, 6.45) is 0.484. The van der Waals surface area contributed by atoms with Gasteiger partial charge in [0.1, 0.15) is 5.75 Å². The molecule has 0 radical (unpaired) electrons. The quantitative estimate of drug-likeness (QED) is 0.628. The Balaban J connectivity index is 1.37. The molecule has 3 aromatic rings. The lowest BCUT2D eigenvalue weighted by Crippen LogP contribution is -2.24. The van der Waals surface area contributed by atoms with Gasteiger partial charge in [0, 0.05) is 18.7 Å². The number of rotatable bonds is 7. The van der Waals surface area contributed by atoms with E-state index in [1.54, 1.807) is 4.90 Å². The lowest BCUT2D eigenvalue weighted by Gasteiger charge is -2.16. The van der Waals surface area contributed by atoms with Crippen LogP contribution >= 0.6 is 0 Å². The van der Waals surface area contributed by atoms with Gasteiger partial charge in [0.25, 0.3) is 0 Å². The maximum absolute atomic E-state index is 12.5. The number of carbonyl (C=O) groups excluding carboxylic acids is 2. The van der Waals surface area contributed by atoms with Crippen molar-refractivity contribution in [2.24, 2.45) is 0 Å². The predicted octanol–water partition coefficient (Wildman–Crippen LogP) is 3.48. The van der Waals surface area contributed by atoms with Crippen molar-refractivity contribution in [3.63, 3.8) is 0 Å². The fraction of sp³-hybridized carbons (Fsp3) is 0.304. The summed E-state index contributed by atoms with van der Waals surface area (Å²) in [7, 11) is 0. The number of benzene rings is 2. The molecular formula is C23H24N4O4. The number of nitrogens with zero attached hydrogens (tertiary/aromatic N) is 3. The van der Waals surface area contributed by atoms with Crippen LogP contribution in [0.2, 0.25) is 0 Å². The van der Waals surface area contributed by atoms with Gasteiger partial charge in [0.05, 0.1) is 18.9 Å². The van der Waals surface area contributed by atoms with Crippen molar-refractivity contribution in [3.8, 4) is 5.75 Å². The zero-order valence-corrected chi connectivity index (χ0v) is 17.5. The summed E-state index contributed by atoms with van der Waals surface area (Å²) in [5.41, 5.74) is 2.83. The third-order valence-electron chi connectivity index (χ3n) is 5.11. The largest absolute Gasteiger partial charge is 0.494 e. The zero-order valence-electron chi connectivity index (χ0n) is 17.5. The van der Waals surface area contributed by atoms with E-state index in [1.165, 1.54) is 0 Å². The van der Waals surface area contributed by atoms with Gasteiger partial charge in [0.2, 0.25) is 17.7 Å². The number of anilines is 2. The average Bonchev–Trinajstić information content (AvgIpc) is 3.37. The summed E-state index contributed by atoms with van der Waals surface area (Å²) < 4.78 is 11.1. The van der Waals surface area contributed by atoms with Gasteiger partial charge in [-0.3, -0.25) is 14.9 Å². The van der Waals surface area contributed by atoms with Crippen LogP contribution in [0.4, 0.5) is 11.7 Å². The van der Waals surface area contributed by atoms with Gasteiger partial charge in [0.15, 0.2) is 0 Å². The van der Waals surface area contributed by atoms with Crippen molar-refractivity contribution in [2.75, 3.05) is 23.4 Å². The number of amides is 2. The van der Waals surface area contributed by atoms with E-state index in [4.69, 9.17) is 9.15 Å². The van der Waals surface area contributed by atoms with Crippen molar-refractivity contribution >= 4 is 23.5 Å². The maximum Gasteiger partial charge on any atom is 0.322 e. The minimum atomic E-state index is -0.238. The Morgan fingerprint density at radius 1 is 1.16 bits per heavy atom. The van der Waals surface area contributed by atoms with E-state index in [9.17, 15) is 9.59 Å². The molecule has 1 unspecified atom stereocenters. The molecule has 1 saturated heterocycles. The van der Waals surface area contributed by atoms with Crippen LogP contribution in [0, 0.1) is 6.92 Å². The van der Waals surface area contributed by atoms with Crippen LogP contribution in [-0.4, -0.2) is 35.2 Å². The van der Waals surface area contributed by atoms with Crippen LogP contribution in [0.5, 0.6) is 5.75 Å². The Hall–Kier alpha value is -3.68. The Bertz CT molecular complexity index is 1060. The van der Waals surface area contributed by atoms with Gasteiger partial charge in [-0.25, -0.2) is 0 Å². The molecule has 1 aromatic heterocycles. The summed E-state index contributed by atoms with van der Waals surface area (Å²) in [6, 6.07) is 15.2. The Kier molecular flexibility index (Phi) is 5.97. The monoisotopic (exact) mass is 420 g/mol. The molecule has 2 aromatic carbocycles. The van der Waals surface area contributed by atoms with Gasteiger partial charge in [-0.05, 0) is 43.7 Å². The highest BCUT2D eigenvalue weighted by atomic mass is 16.5. The highest BCUT2D eigenvalue weighted by Gasteiger charge is 2.35. The van der Waals surface area contributed by atoms with Crippen LogP contribution in [-0.2, 0) is 16.0 Å². The third kappa shape index (κ3) is 4.91. The molecule has 160 valence electrons. The molecule has 2 amide bonds.